The molecule has 0 N–H and O–H groups in total. The van der Waals surface area contributed by atoms with Crippen molar-refractivity contribution in [2.24, 2.45) is 5.41 Å². The molecule has 0 radical (unpaired) electrons. The number of rotatable bonds is 3. The highest BCUT2D eigenvalue weighted by Crippen LogP contribution is 2.37. The number of hydrogen-bond donors (Lipinski definition) is 0. The van der Waals surface area contributed by atoms with Gasteiger partial charge in [0.05, 0.1) is 17.6 Å². The number of hydrogen-bond acceptors (Lipinski definition) is 2. The summed E-state index contributed by atoms with van der Waals surface area (Å²) in [5.74, 6) is 0. The fourth-order valence-corrected chi connectivity index (χ4v) is 1.93. The zero-order valence-electron chi connectivity index (χ0n) is 8.71. The Labute approximate surface area is 85.8 Å². The number of allylic oxidation sites excluding steroid dienone is 2. The molecule has 0 spiro atoms. The van der Waals surface area contributed by atoms with Crippen molar-refractivity contribution in [3.63, 3.8) is 0 Å². The Morgan fingerprint density at radius 3 is 2.71 bits per heavy atom. The summed E-state index contributed by atoms with van der Waals surface area (Å²) in [4.78, 5) is 0. The average Bonchev–Trinajstić information content (AvgIpc) is 2.27. The van der Waals surface area contributed by atoms with Crippen LogP contribution in [-0.2, 0) is 0 Å². The third-order valence-corrected chi connectivity index (χ3v) is 2.98. The minimum Gasteiger partial charge on any atom is -0.198 e. The van der Waals surface area contributed by atoms with Gasteiger partial charge in [-0.2, -0.15) is 10.5 Å². The van der Waals surface area contributed by atoms with Crippen molar-refractivity contribution in [2.45, 2.75) is 45.4 Å². The van der Waals surface area contributed by atoms with E-state index in [-0.39, 0.29) is 0 Å². The number of nitriles is 2. The first-order valence-electron chi connectivity index (χ1n) is 5.20. The minimum atomic E-state index is -0.393. The molecule has 0 aromatic rings. The quantitative estimate of drug-likeness (QED) is 0.638. The third-order valence-electron chi connectivity index (χ3n) is 2.98. The van der Waals surface area contributed by atoms with Crippen molar-refractivity contribution in [2.75, 3.05) is 0 Å². The van der Waals surface area contributed by atoms with Crippen molar-refractivity contribution < 1.29 is 0 Å². The maximum absolute atomic E-state index is 9.16. The Bertz CT molecular complexity index is 303. The molecule has 0 saturated heterocycles. The average molecular weight is 188 g/mol. The first-order chi connectivity index (χ1) is 6.73. The molecule has 74 valence electrons. The molecule has 0 saturated carbocycles. The van der Waals surface area contributed by atoms with Gasteiger partial charge in [-0.25, -0.2) is 0 Å². The lowest BCUT2D eigenvalue weighted by Crippen LogP contribution is -2.18. The predicted molar refractivity (Wildman–Crippen MR) is 55.1 cm³/mol. The van der Waals surface area contributed by atoms with Gasteiger partial charge in [0.2, 0.25) is 0 Å². The van der Waals surface area contributed by atoms with Gasteiger partial charge >= 0.3 is 0 Å². The Morgan fingerprint density at radius 1 is 1.43 bits per heavy atom. The molecule has 0 fully saturated rings. The van der Waals surface area contributed by atoms with Crippen LogP contribution in [0.25, 0.3) is 0 Å². The van der Waals surface area contributed by atoms with Crippen LogP contribution in [-0.4, -0.2) is 0 Å². The Hall–Kier alpha value is -1.28. The lowest BCUT2D eigenvalue weighted by Gasteiger charge is -2.26. The second-order valence-corrected chi connectivity index (χ2v) is 4.08. The van der Waals surface area contributed by atoms with E-state index < -0.39 is 5.41 Å². The first-order valence-corrected chi connectivity index (χ1v) is 5.20. The van der Waals surface area contributed by atoms with Crippen LogP contribution in [0.2, 0.25) is 0 Å². The van der Waals surface area contributed by atoms with Gasteiger partial charge in [-0.3, -0.25) is 0 Å². The molecule has 14 heavy (non-hydrogen) atoms. The fourth-order valence-electron chi connectivity index (χ4n) is 1.93. The van der Waals surface area contributed by atoms with E-state index in [9.17, 15) is 0 Å². The van der Waals surface area contributed by atoms with Crippen LogP contribution < -0.4 is 0 Å². The highest BCUT2D eigenvalue weighted by molar-refractivity contribution is 5.23. The topological polar surface area (TPSA) is 47.6 Å². The highest BCUT2D eigenvalue weighted by atomic mass is 14.4. The van der Waals surface area contributed by atoms with Crippen LogP contribution in [0.15, 0.2) is 11.6 Å². The monoisotopic (exact) mass is 188 g/mol. The molecule has 0 aliphatic heterocycles. The van der Waals surface area contributed by atoms with Crippen LogP contribution in [0.5, 0.6) is 0 Å². The van der Waals surface area contributed by atoms with E-state index in [0.717, 1.165) is 12.8 Å². The van der Waals surface area contributed by atoms with E-state index in [1.54, 1.807) is 0 Å². The summed E-state index contributed by atoms with van der Waals surface area (Å²) in [7, 11) is 0. The summed E-state index contributed by atoms with van der Waals surface area (Å²) in [6, 6.07) is 4.48. The molecule has 2 heteroatoms. The predicted octanol–water partition coefficient (Wildman–Crippen LogP) is 3.32. The van der Waals surface area contributed by atoms with E-state index >= 15 is 0 Å². The minimum absolute atomic E-state index is 0.393. The van der Waals surface area contributed by atoms with Gasteiger partial charge in [0.25, 0.3) is 0 Å². The zero-order chi connectivity index (χ0) is 10.4. The van der Waals surface area contributed by atoms with Crippen LogP contribution >= 0.6 is 0 Å². The highest BCUT2D eigenvalue weighted by Gasteiger charge is 2.28. The molecule has 1 aliphatic rings. The van der Waals surface area contributed by atoms with Crippen molar-refractivity contribution in [1.82, 2.24) is 0 Å². The van der Waals surface area contributed by atoms with Crippen LogP contribution in [0.1, 0.15) is 45.4 Å². The summed E-state index contributed by atoms with van der Waals surface area (Å²) in [6.45, 7) is 1.96. The normalized spacial score (nSPS) is 20.1. The maximum Gasteiger partial charge on any atom is 0.0764 e. The van der Waals surface area contributed by atoms with Crippen LogP contribution in [0.4, 0.5) is 0 Å². The molecule has 2 nitrogen and oxygen atoms in total. The van der Waals surface area contributed by atoms with Gasteiger partial charge in [-0.1, -0.05) is 11.6 Å². The first kappa shape index (κ1) is 10.8. The summed E-state index contributed by atoms with van der Waals surface area (Å²) >= 11 is 0. The van der Waals surface area contributed by atoms with Gasteiger partial charge in [0.1, 0.15) is 0 Å². The summed E-state index contributed by atoms with van der Waals surface area (Å²) in [6.07, 6.45) is 7.91. The van der Waals surface area contributed by atoms with E-state index in [0.29, 0.717) is 12.8 Å². The van der Waals surface area contributed by atoms with Gasteiger partial charge in [0, 0.05) is 6.42 Å². The molecule has 1 aliphatic carbocycles. The van der Waals surface area contributed by atoms with Crippen molar-refractivity contribution in [1.29, 1.82) is 10.5 Å². The molecule has 0 amide bonds. The van der Waals surface area contributed by atoms with E-state index in [4.69, 9.17) is 10.5 Å². The lowest BCUT2D eigenvalue weighted by molar-refractivity contribution is 0.452. The summed E-state index contributed by atoms with van der Waals surface area (Å²) in [5, 5.41) is 17.7. The second kappa shape index (κ2) is 4.82. The molecular formula is C12H16N2. The van der Waals surface area contributed by atoms with Crippen molar-refractivity contribution in [3.8, 4) is 12.1 Å². The SMILES string of the molecule is CC(C#N)(CCC#N)C1=CCCCC1. The molecule has 0 aromatic carbocycles. The van der Waals surface area contributed by atoms with E-state index in [1.165, 1.54) is 18.4 Å². The summed E-state index contributed by atoms with van der Waals surface area (Å²) in [5.41, 5.74) is 0.859. The van der Waals surface area contributed by atoms with Crippen molar-refractivity contribution in [3.05, 3.63) is 11.6 Å². The molecule has 0 aromatic heterocycles. The second-order valence-electron chi connectivity index (χ2n) is 4.08. The van der Waals surface area contributed by atoms with Crippen LogP contribution in [0, 0.1) is 28.1 Å². The van der Waals surface area contributed by atoms with Gasteiger partial charge in [-0.15, -0.1) is 0 Å². The fraction of sp³-hybridized carbons (Fsp3) is 0.667. The Morgan fingerprint density at radius 2 is 2.21 bits per heavy atom. The zero-order valence-corrected chi connectivity index (χ0v) is 8.71. The van der Waals surface area contributed by atoms with Gasteiger partial charge in [-0.05, 0) is 39.0 Å². The third kappa shape index (κ3) is 2.36. The largest absolute Gasteiger partial charge is 0.198 e. The van der Waals surface area contributed by atoms with E-state index in [1.807, 2.05) is 6.92 Å². The maximum atomic E-state index is 9.16. The molecular weight excluding hydrogens is 172 g/mol. The van der Waals surface area contributed by atoms with Gasteiger partial charge < -0.3 is 0 Å². The smallest absolute Gasteiger partial charge is 0.0764 e. The van der Waals surface area contributed by atoms with Gasteiger partial charge in [0.15, 0.2) is 0 Å². The molecule has 1 atom stereocenters. The Balaban J connectivity index is 2.74. The molecule has 1 rings (SSSR count). The van der Waals surface area contributed by atoms with E-state index in [2.05, 4.69) is 18.2 Å². The lowest BCUT2D eigenvalue weighted by atomic mass is 9.75. The van der Waals surface area contributed by atoms with Crippen molar-refractivity contribution >= 4 is 0 Å². The molecule has 0 bridgehead atoms. The summed E-state index contributed by atoms with van der Waals surface area (Å²) < 4.78 is 0. The standard InChI is InChI=1S/C12H16N2/c1-12(10-14,8-5-9-13)11-6-3-2-4-7-11/h6H,2-5,7-8H2,1H3. The Kier molecular flexibility index (Phi) is 3.72. The molecule has 0 heterocycles. The molecule has 1 unspecified atom stereocenters. The van der Waals surface area contributed by atoms with Crippen LogP contribution in [0.3, 0.4) is 0 Å². The number of nitrogens with zero attached hydrogens (tertiary/aromatic N) is 2.